The second-order valence-electron chi connectivity index (χ2n) is 4.43. The molecule has 1 aromatic heterocycles. The Labute approximate surface area is 122 Å². The molecular formula is C15H17ClFNS. The smallest absolute Gasteiger partial charge is 0.123 e. The normalized spacial score (nSPS) is 12.6. The zero-order valence-electron chi connectivity index (χ0n) is 10.8. The lowest BCUT2D eigenvalue weighted by molar-refractivity contribution is 0.519. The van der Waals surface area contributed by atoms with E-state index in [1.165, 1.54) is 10.9 Å². The number of rotatable bonds is 6. The van der Waals surface area contributed by atoms with Gasteiger partial charge in [-0.15, -0.1) is 11.3 Å². The Morgan fingerprint density at radius 3 is 2.79 bits per heavy atom. The van der Waals surface area contributed by atoms with Crippen molar-refractivity contribution in [2.75, 3.05) is 6.54 Å². The van der Waals surface area contributed by atoms with Gasteiger partial charge in [-0.25, -0.2) is 4.39 Å². The molecule has 0 amide bonds. The molecule has 0 bridgehead atoms. The molecule has 0 spiro atoms. The van der Waals surface area contributed by atoms with E-state index in [1.807, 2.05) is 12.1 Å². The van der Waals surface area contributed by atoms with Gasteiger partial charge in [-0.05, 0) is 42.7 Å². The summed E-state index contributed by atoms with van der Waals surface area (Å²) in [5, 5.41) is 3.47. The summed E-state index contributed by atoms with van der Waals surface area (Å²) in [6, 6.07) is 11.0. The van der Waals surface area contributed by atoms with E-state index in [-0.39, 0.29) is 11.9 Å². The molecule has 0 aliphatic carbocycles. The first-order valence-corrected chi connectivity index (χ1v) is 7.61. The monoisotopic (exact) mass is 297 g/mol. The van der Waals surface area contributed by atoms with E-state index >= 15 is 0 Å². The second kappa shape index (κ2) is 7.04. The van der Waals surface area contributed by atoms with Gasteiger partial charge in [0.25, 0.3) is 0 Å². The van der Waals surface area contributed by atoms with Crippen LogP contribution in [0.1, 0.15) is 29.8 Å². The van der Waals surface area contributed by atoms with Crippen LogP contribution in [0, 0.1) is 5.82 Å². The Morgan fingerprint density at radius 2 is 2.16 bits per heavy atom. The molecule has 4 heteroatoms. The molecule has 0 aliphatic rings. The summed E-state index contributed by atoms with van der Waals surface area (Å²) in [5.41, 5.74) is 1.01. The molecule has 0 aliphatic heterocycles. The van der Waals surface area contributed by atoms with Gasteiger partial charge in [0.1, 0.15) is 5.82 Å². The van der Waals surface area contributed by atoms with Crippen LogP contribution in [0.2, 0.25) is 4.34 Å². The maximum absolute atomic E-state index is 13.2. The summed E-state index contributed by atoms with van der Waals surface area (Å²) < 4.78 is 14.0. The van der Waals surface area contributed by atoms with Crippen LogP contribution in [0.4, 0.5) is 4.39 Å². The standard InChI is InChI=1S/C15H17ClFNS/c1-2-14(11-4-3-5-12(17)10-11)18-9-8-13-6-7-15(16)19-13/h3-7,10,14,18H,2,8-9H2,1H3. The first-order valence-electron chi connectivity index (χ1n) is 6.42. The number of hydrogen-bond donors (Lipinski definition) is 1. The Hall–Kier alpha value is -0.900. The fraction of sp³-hybridized carbons (Fsp3) is 0.333. The molecule has 1 atom stereocenters. The largest absolute Gasteiger partial charge is 0.310 e. The summed E-state index contributed by atoms with van der Waals surface area (Å²) >= 11 is 7.51. The SMILES string of the molecule is CCC(NCCc1ccc(Cl)s1)c1cccc(F)c1. The van der Waals surface area contributed by atoms with Gasteiger partial charge in [0.05, 0.1) is 4.34 Å². The molecule has 0 radical (unpaired) electrons. The van der Waals surface area contributed by atoms with Crippen molar-refractivity contribution in [3.8, 4) is 0 Å². The molecule has 102 valence electrons. The molecule has 0 saturated heterocycles. The first kappa shape index (κ1) is 14.5. The lowest BCUT2D eigenvalue weighted by Crippen LogP contribution is -2.23. The number of halogens is 2. The van der Waals surface area contributed by atoms with Gasteiger partial charge in [-0.3, -0.25) is 0 Å². The molecule has 19 heavy (non-hydrogen) atoms. The molecule has 0 saturated carbocycles. The fourth-order valence-corrected chi connectivity index (χ4v) is 3.16. The van der Waals surface area contributed by atoms with Crippen molar-refractivity contribution in [3.63, 3.8) is 0 Å². The van der Waals surface area contributed by atoms with Crippen molar-refractivity contribution in [1.29, 1.82) is 0 Å². The summed E-state index contributed by atoms with van der Waals surface area (Å²) in [4.78, 5) is 1.27. The number of nitrogens with one attached hydrogen (secondary N) is 1. The highest BCUT2D eigenvalue weighted by molar-refractivity contribution is 7.16. The Kier molecular flexibility index (Phi) is 5.37. The number of hydrogen-bond acceptors (Lipinski definition) is 2. The topological polar surface area (TPSA) is 12.0 Å². The predicted octanol–water partition coefficient (Wildman–Crippen LogP) is 4.82. The lowest BCUT2D eigenvalue weighted by atomic mass is 10.0. The van der Waals surface area contributed by atoms with Gasteiger partial charge in [0.2, 0.25) is 0 Å². The average molecular weight is 298 g/mol. The van der Waals surface area contributed by atoms with Gasteiger partial charge < -0.3 is 5.32 Å². The van der Waals surface area contributed by atoms with Crippen molar-refractivity contribution in [1.82, 2.24) is 5.32 Å². The predicted molar refractivity (Wildman–Crippen MR) is 80.5 cm³/mol. The molecule has 1 nitrogen and oxygen atoms in total. The Morgan fingerprint density at radius 1 is 1.32 bits per heavy atom. The summed E-state index contributed by atoms with van der Waals surface area (Å²) in [5.74, 6) is -0.178. The van der Waals surface area contributed by atoms with Crippen molar-refractivity contribution in [2.45, 2.75) is 25.8 Å². The van der Waals surface area contributed by atoms with E-state index in [4.69, 9.17) is 11.6 Å². The minimum atomic E-state index is -0.178. The van der Waals surface area contributed by atoms with Crippen LogP contribution in [0.5, 0.6) is 0 Å². The van der Waals surface area contributed by atoms with E-state index in [2.05, 4.69) is 18.3 Å². The molecule has 0 fully saturated rings. The van der Waals surface area contributed by atoms with Crippen molar-refractivity contribution in [3.05, 3.63) is 57.0 Å². The lowest BCUT2D eigenvalue weighted by Gasteiger charge is -2.17. The van der Waals surface area contributed by atoms with Gasteiger partial charge >= 0.3 is 0 Å². The summed E-state index contributed by atoms with van der Waals surface area (Å²) in [6.07, 6.45) is 1.89. The van der Waals surface area contributed by atoms with Crippen molar-refractivity contribution < 1.29 is 4.39 Å². The van der Waals surface area contributed by atoms with Crippen LogP contribution < -0.4 is 5.32 Å². The summed E-state index contributed by atoms with van der Waals surface area (Å²) in [7, 11) is 0. The highest BCUT2D eigenvalue weighted by atomic mass is 35.5. The average Bonchev–Trinajstić information content (AvgIpc) is 2.80. The molecule has 2 rings (SSSR count). The second-order valence-corrected chi connectivity index (χ2v) is 6.23. The van der Waals surface area contributed by atoms with Crippen LogP contribution >= 0.6 is 22.9 Å². The van der Waals surface area contributed by atoms with E-state index in [1.54, 1.807) is 23.5 Å². The Bertz CT molecular complexity index is 526. The Balaban J connectivity index is 1.89. The summed E-state index contributed by atoms with van der Waals surface area (Å²) in [6.45, 7) is 2.97. The highest BCUT2D eigenvalue weighted by Gasteiger charge is 2.09. The minimum absolute atomic E-state index is 0.178. The fourth-order valence-electron chi connectivity index (χ4n) is 2.08. The van der Waals surface area contributed by atoms with Crippen LogP contribution in [0.3, 0.4) is 0 Å². The third-order valence-corrected chi connectivity index (χ3v) is 4.34. The van der Waals surface area contributed by atoms with Gasteiger partial charge in [-0.1, -0.05) is 30.7 Å². The quantitative estimate of drug-likeness (QED) is 0.806. The van der Waals surface area contributed by atoms with E-state index in [0.29, 0.717) is 0 Å². The number of benzene rings is 1. The maximum atomic E-state index is 13.2. The number of thiophene rings is 1. The zero-order chi connectivity index (χ0) is 13.7. The molecule has 1 heterocycles. The molecule has 2 aromatic rings. The van der Waals surface area contributed by atoms with Gasteiger partial charge in [-0.2, -0.15) is 0 Å². The molecule has 1 unspecified atom stereocenters. The van der Waals surface area contributed by atoms with Gasteiger partial charge in [0, 0.05) is 17.5 Å². The minimum Gasteiger partial charge on any atom is -0.310 e. The van der Waals surface area contributed by atoms with E-state index in [9.17, 15) is 4.39 Å². The van der Waals surface area contributed by atoms with Crippen LogP contribution in [-0.2, 0) is 6.42 Å². The van der Waals surface area contributed by atoms with Crippen molar-refractivity contribution >= 4 is 22.9 Å². The molecular weight excluding hydrogens is 281 g/mol. The maximum Gasteiger partial charge on any atom is 0.123 e. The van der Waals surface area contributed by atoms with Gasteiger partial charge in [0.15, 0.2) is 0 Å². The first-order chi connectivity index (χ1) is 9.19. The van der Waals surface area contributed by atoms with Crippen LogP contribution in [-0.4, -0.2) is 6.54 Å². The molecule has 1 N–H and O–H groups in total. The van der Waals surface area contributed by atoms with Crippen molar-refractivity contribution in [2.24, 2.45) is 0 Å². The van der Waals surface area contributed by atoms with E-state index in [0.717, 1.165) is 29.3 Å². The highest BCUT2D eigenvalue weighted by Crippen LogP contribution is 2.22. The van der Waals surface area contributed by atoms with Crippen LogP contribution in [0.15, 0.2) is 36.4 Å². The van der Waals surface area contributed by atoms with E-state index < -0.39 is 0 Å². The van der Waals surface area contributed by atoms with Crippen LogP contribution in [0.25, 0.3) is 0 Å². The molecule has 1 aromatic carbocycles. The third-order valence-electron chi connectivity index (χ3n) is 3.05. The zero-order valence-corrected chi connectivity index (χ0v) is 12.4. The third kappa shape index (κ3) is 4.30.